The van der Waals surface area contributed by atoms with E-state index < -0.39 is 12.0 Å². The van der Waals surface area contributed by atoms with Gasteiger partial charge in [0.2, 0.25) is 0 Å². The van der Waals surface area contributed by atoms with Gasteiger partial charge in [-0.05, 0) is 19.3 Å². The van der Waals surface area contributed by atoms with Gasteiger partial charge >= 0.3 is 12.0 Å². The van der Waals surface area contributed by atoms with Gasteiger partial charge in [0, 0.05) is 24.8 Å². The largest absolute Gasteiger partial charge is 0.480 e. The van der Waals surface area contributed by atoms with Crippen molar-refractivity contribution in [2.45, 2.75) is 31.8 Å². The number of carbonyl (C=O) groups excluding carboxylic acids is 1. The van der Waals surface area contributed by atoms with E-state index in [2.05, 4.69) is 15.5 Å². The van der Waals surface area contributed by atoms with Gasteiger partial charge in [-0.15, -0.1) is 0 Å². The molecule has 1 fully saturated rings. The highest BCUT2D eigenvalue weighted by Crippen LogP contribution is 2.17. The zero-order valence-electron chi connectivity index (χ0n) is 9.93. The van der Waals surface area contributed by atoms with Crippen molar-refractivity contribution in [2.75, 3.05) is 6.54 Å². The fraction of sp³-hybridized carbons (Fsp3) is 0.545. The fourth-order valence-electron chi connectivity index (χ4n) is 2.08. The van der Waals surface area contributed by atoms with E-state index in [4.69, 9.17) is 5.11 Å². The van der Waals surface area contributed by atoms with Crippen LogP contribution in [0.15, 0.2) is 12.4 Å². The van der Waals surface area contributed by atoms with Gasteiger partial charge in [0.15, 0.2) is 0 Å². The first-order chi connectivity index (χ1) is 8.68. The quantitative estimate of drug-likeness (QED) is 0.732. The van der Waals surface area contributed by atoms with Crippen LogP contribution in [-0.2, 0) is 11.3 Å². The topological polar surface area (TPSA) is 98.3 Å². The number of hydrogen-bond donors (Lipinski definition) is 3. The predicted octanol–water partition coefficient (Wildman–Crippen LogP) is 0.558. The summed E-state index contributed by atoms with van der Waals surface area (Å²) in [5, 5.41) is 18.2. The number of nitrogens with zero attached hydrogens (tertiary/aromatic N) is 2. The first kappa shape index (κ1) is 12.4. The zero-order chi connectivity index (χ0) is 13.0. The first-order valence-corrected chi connectivity index (χ1v) is 5.93. The van der Waals surface area contributed by atoms with Gasteiger partial charge in [-0.2, -0.15) is 5.10 Å². The van der Waals surface area contributed by atoms with E-state index in [0.29, 0.717) is 19.5 Å². The maximum Gasteiger partial charge on any atom is 0.326 e. The Bertz CT molecular complexity index is 418. The summed E-state index contributed by atoms with van der Waals surface area (Å²) in [6.07, 6.45) is 5.52. The Balaban J connectivity index is 1.92. The summed E-state index contributed by atoms with van der Waals surface area (Å²) in [5.41, 5.74) is 0.854. The Morgan fingerprint density at radius 1 is 1.56 bits per heavy atom. The summed E-state index contributed by atoms with van der Waals surface area (Å²) < 4.78 is 0. The molecule has 0 aliphatic carbocycles. The summed E-state index contributed by atoms with van der Waals surface area (Å²) >= 11 is 0. The van der Waals surface area contributed by atoms with Crippen molar-refractivity contribution in [1.29, 1.82) is 0 Å². The highest BCUT2D eigenvalue weighted by molar-refractivity contribution is 5.82. The molecule has 0 radical (unpaired) electrons. The molecule has 1 unspecified atom stereocenters. The van der Waals surface area contributed by atoms with E-state index in [1.165, 1.54) is 4.90 Å². The number of nitrogens with one attached hydrogen (secondary N) is 2. The Hall–Kier alpha value is -2.05. The van der Waals surface area contributed by atoms with Crippen LogP contribution in [0.2, 0.25) is 0 Å². The van der Waals surface area contributed by atoms with Crippen LogP contribution in [0, 0.1) is 0 Å². The molecule has 0 saturated carbocycles. The molecule has 98 valence electrons. The standard InChI is InChI=1S/C11H16N4O3/c16-10(17)9-3-1-2-4-15(9)11(18)12-5-8-6-13-14-7-8/h6-7,9H,1-5H2,(H,12,18)(H,13,14)(H,16,17). The number of urea groups is 1. The van der Waals surface area contributed by atoms with Gasteiger partial charge in [0.05, 0.1) is 6.20 Å². The number of carboxylic acids is 1. The molecule has 7 nitrogen and oxygen atoms in total. The fourth-order valence-corrected chi connectivity index (χ4v) is 2.08. The third-order valence-electron chi connectivity index (χ3n) is 3.05. The number of aliphatic carboxylic acids is 1. The van der Waals surface area contributed by atoms with Crippen molar-refractivity contribution < 1.29 is 14.7 Å². The second kappa shape index (κ2) is 5.52. The summed E-state index contributed by atoms with van der Waals surface area (Å²) in [5.74, 6) is -0.937. The highest BCUT2D eigenvalue weighted by atomic mass is 16.4. The van der Waals surface area contributed by atoms with Crippen molar-refractivity contribution in [1.82, 2.24) is 20.4 Å². The normalized spacial score (nSPS) is 19.6. The minimum atomic E-state index is -0.937. The van der Waals surface area contributed by atoms with Crippen molar-refractivity contribution >= 4 is 12.0 Å². The second-order valence-electron chi connectivity index (χ2n) is 4.31. The summed E-state index contributed by atoms with van der Waals surface area (Å²) in [7, 11) is 0. The Kier molecular flexibility index (Phi) is 3.81. The molecule has 0 bridgehead atoms. The number of rotatable bonds is 3. The SMILES string of the molecule is O=C(O)C1CCCCN1C(=O)NCc1cn[nH]c1. The van der Waals surface area contributed by atoms with E-state index >= 15 is 0 Å². The number of piperidine rings is 1. The third kappa shape index (κ3) is 2.79. The number of carbonyl (C=O) groups is 2. The summed E-state index contributed by atoms with van der Waals surface area (Å²) in [6, 6.07) is -1.04. The highest BCUT2D eigenvalue weighted by Gasteiger charge is 2.31. The van der Waals surface area contributed by atoms with Crippen molar-refractivity contribution in [3.63, 3.8) is 0 Å². The van der Waals surface area contributed by atoms with E-state index in [1.54, 1.807) is 12.4 Å². The van der Waals surface area contributed by atoms with E-state index in [9.17, 15) is 9.59 Å². The van der Waals surface area contributed by atoms with Gasteiger partial charge in [-0.3, -0.25) is 5.10 Å². The van der Waals surface area contributed by atoms with Crippen LogP contribution < -0.4 is 5.32 Å². The molecular formula is C11H16N4O3. The molecule has 0 spiro atoms. The second-order valence-corrected chi connectivity index (χ2v) is 4.31. The molecular weight excluding hydrogens is 236 g/mol. The van der Waals surface area contributed by atoms with Crippen molar-refractivity contribution in [2.24, 2.45) is 0 Å². The van der Waals surface area contributed by atoms with Gasteiger partial charge in [-0.25, -0.2) is 9.59 Å². The van der Waals surface area contributed by atoms with Crippen LogP contribution in [0.1, 0.15) is 24.8 Å². The molecule has 2 amide bonds. The van der Waals surface area contributed by atoms with Crippen LogP contribution >= 0.6 is 0 Å². The predicted molar refractivity (Wildman–Crippen MR) is 62.8 cm³/mol. The van der Waals surface area contributed by atoms with Crippen LogP contribution in [0.5, 0.6) is 0 Å². The summed E-state index contributed by atoms with van der Waals surface area (Å²) in [4.78, 5) is 24.4. The number of aromatic nitrogens is 2. The number of H-pyrrole nitrogens is 1. The minimum absolute atomic E-state index is 0.330. The number of hydrogen-bond acceptors (Lipinski definition) is 3. The molecule has 2 rings (SSSR count). The molecule has 1 aliphatic rings. The zero-order valence-corrected chi connectivity index (χ0v) is 9.93. The Labute approximate surface area is 104 Å². The monoisotopic (exact) mass is 252 g/mol. The van der Waals surface area contributed by atoms with Crippen molar-refractivity contribution in [3.05, 3.63) is 18.0 Å². The van der Waals surface area contributed by atoms with E-state index in [1.807, 2.05) is 0 Å². The van der Waals surface area contributed by atoms with Crippen LogP contribution in [0.4, 0.5) is 4.79 Å². The molecule has 1 atom stereocenters. The third-order valence-corrected chi connectivity index (χ3v) is 3.05. The van der Waals surface area contributed by atoms with Gasteiger partial charge in [-0.1, -0.05) is 0 Å². The lowest BCUT2D eigenvalue weighted by Crippen LogP contribution is -2.51. The van der Waals surface area contributed by atoms with E-state index in [-0.39, 0.29) is 6.03 Å². The van der Waals surface area contributed by atoms with Crippen molar-refractivity contribution in [3.8, 4) is 0 Å². The molecule has 1 aromatic rings. The average Bonchev–Trinajstić information content (AvgIpc) is 2.89. The molecule has 3 N–H and O–H groups in total. The molecule has 1 saturated heterocycles. The molecule has 18 heavy (non-hydrogen) atoms. The van der Waals surface area contributed by atoms with E-state index in [0.717, 1.165) is 18.4 Å². The lowest BCUT2D eigenvalue weighted by molar-refractivity contribution is -0.143. The maximum absolute atomic E-state index is 11.9. The van der Waals surface area contributed by atoms with Gasteiger partial charge in [0.25, 0.3) is 0 Å². The molecule has 2 heterocycles. The smallest absolute Gasteiger partial charge is 0.326 e. The first-order valence-electron chi connectivity index (χ1n) is 5.93. The van der Waals surface area contributed by atoms with Gasteiger partial charge in [0.1, 0.15) is 6.04 Å². The van der Waals surface area contributed by atoms with Crippen LogP contribution in [0.25, 0.3) is 0 Å². The van der Waals surface area contributed by atoms with Crippen LogP contribution in [-0.4, -0.2) is 44.8 Å². The minimum Gasteiger partial charge on any atom is -0.480 e. The Morgan fingerprint density at radius 3 is 3.06 bits per heavy atom. The molecule has 7 heteroatoms. The number of aromatic amines is 1. The average molecular weight is 252 g/mol. The maximum atomic E-state index is 11.9. The number of amides is 2. The molecule has 1 aliphatic heterocycles. The molecule has 0 aromatic carbocycles. The number of likely N-dealkylation sites (tertiary alicyclic amines) is 1. The molecule has 1 aromatic heterocycles. The lowest BCUT2D eigenvalue weighted by Gasteiger charge is -2.32. The number of carboxylic acid groups (broad SMARTS) is 1. The van der Waals surface area contributed by atoms with Gasteiger partial charge < -0.3 is 15.3 Å². The lowest BCUT2D eigenvalue weighted by atomic mass is 10.0. The summed E-state index contributed by atoms with van der Waals surface area (Å²) in [6.45, 7) is 0.840. The Morgan fingerprint density at radius 2 is 2.39 bits per heavy atom. The van der Waals surface area contributed by atoms with Crippen LogP contribution in [0.3, 0.4) is 0 Å².